The van der Waals surface area contributed by atoms with Crippen LogP contribution in [0.5, 0.6) is 17.2 Å². The van der Waals surface area contributed by atoms with E-state index in [0.29, 0.717) is 41.7 Å². The van der Waals surface area contributed by atoms with Crippen LogP contribution in [0.2, 0.25) is 0 Å². The molecular formula is C27H30O7. The van der Waals surface area contributed by atoms with Crippen molar-refractivity contribution in [1.29, 1.82) is 0 Å². The number of phenols is 2. The Bertz CT molecular complexity index is 1170. The minimum atomic E-state index is -1.08. The molecule has 180 valence electrons. The third kappa shape index (κ3) is 6.26. The largest absolute Gasteiger partial charge is 0.504 e. The van der Waals surface area contributed by atoms with E-state index in [1.807, 2.05) is 0 Å². The highest BCUT2D eigenvalue weighted by molar-refractivity contribution is 6.00. The number of aliphatic hydroxyl groups is 1. The fourth-order valence-electron chi connectivity index (χ4n) is 3.84. The summed E-state index contributed by atoms with van der Waals surface area (Å²) in [4.78, 5) is 23.8. The Morgan fingerprint density at radius 3 is 2.29 bits per heavy atom. The van der Waals surface area contributed by atoms with Gasteiger partial charge in [-0.15, -0.1) is 0 Å². The van der Waals surface area contributed by atoms with Gasteiger partial charge in [0.25, 0.3) is 0 Å². The highest BCUT2D eigenvalue weighted by atomic mass is 16.5. The molecular weight excluding hydrogens is 436 g/mol. The van der Waals surface area contributed by atoms with E-state index < -0.39 is 12.1 Å². The van der Waals surface area contributed by atoms with E-state index in [-0.39, 0.29) is 22.8 Å². The number of Topliss-reactive ketones (excluding diaryl/α,β-unsaturated/α-hetero) is 1. The zero-order valence-corrected chi connectivity index (χ0v) is 19.2. The molecule has 7 nitrogen and oxygen atoms in total. The van der Waals surface area contributed by atoms with Crippen LogP contribution in [0.4, 0.5) is 0 Å². The number of ketones is 1. The average Bonchev–Trinajstić information content (AvgIpc) is 2.83. The van der Waals surface area contributed by atoms with Crippen molar-refractivity contribution in [3.05, 3.63) is 65.2 Å². The summed E-state index contributed by atoms with van der Waals surface area (Å²) in [6.45, 7) is 2.24. The third-order valence-electron chi connectivity index (χ3n) is 5.82. The van der Waals surface area contributed by atoms with E-state index in [1.165, 1.54) is 18.2 Å². The number of benzene rings is 3. The van der Waals surface area contributed by atoms with Crippen molar-refractivity contribution in [3.8, 4) is 17.2 Å². The normalized spacial score (nSPS) is 11.9. The van der Waals surface area contributed by atoms with Crippen molar-refractivity contribution < 1.29 is 34.8 Å². The van der Waals surface area contributed by atoms with Gasteiger partial charge >= 0.3 is 5.97 Å². The summed E-state index contributed by atoms with van der Waals surface area (Å²) in [5.41, 5.74) is 1.01. The number of unbranched alkanes of at least 4 members (excludes halogenated alkanes) is 3. The van der Waals surface area contributed by atoms with Crippen LogP contribution >= 0.6 is 0 Å². The number of carbonyl (C=O) groups is 2. The molecule has 1 unspecified atom stereocenters. The number of hydrogen-bond donors (Lipinski definition) is 4. The van der Waals surface area contributed by atoms with Gasteiger partial charge in [0.05, 0.1) is 18.3 Å². The lowest BCUT2D eigenvalue weighted by atomic mass is 10.00. The molecule has 0 heterocycles. The molecule has 3 rings (SSSR count). The summed E-state index contributed by atoms with van der Waals surface area (Å²) in [5, 5.41) is 40.1. The lowest BCUT2D eigenvalue weighted by Gasteiger charge is -2.14. The standard InChI is InChI=1S/C27H30O7/c1-2-23(28)22-16-20(10-11-21(22)27(32)33)34-12-6-4-3-5-7-24(29)18-9-8-17-14-25(30)26(31)15-19(17)13-18/h8-11,13-16,23,28,30-31H,2-7,12H2,1H3,(H,32,33). The number of ether oxygens (including phenoxy) is 1. The van der Waals surface area contributed by atoms with Crippen LogP contribution < -0.4 is 4.74 Å². The molecule has 34 heavy (non-hydrogen) atoms. The minimum Gasteiger partial charge on any atom is -0.504 e. The van der Waals surface area contributed by atoms with Gasteiger partial charge in [0, 0.05) is 12.0 Å². The molecule has 4 N–H and O–H groups in total. The van der Waals surface area contributed by atoms with E-state index in [0.717, 1.165) is 31.1 Å². The third-order valence-corrected chi connectivity index (χ3v) is 5.82. The van der Waals surface area contributed by atoms with Gasteiger partial charge in [-0.2, -0.15) is 0 Å². The second kappa shape index (κ2) is 11.5. The van der Waals surface area contributed by atoms with Gasteiger partial charge in [-0.05, 0) is 72.0 Å². The zero-order valence-electron chi connectivity index (χ0n) is 19.2. The molecule has 7 heteroatoms. The molecule has 1 atom stereocenters. The molecule has 0 amide bonds. The first-order valence-corrected chi connectivity index (χ1v) is 11.5. The second-order valence-corrected chi connectivity index (χ2v) is 8.32. The van der Waals surface area contributed by atoms with Gasteiger partial charge in [-0.25, -0.2) is 4.79 Å². The van der Waals surface area contributed by atoms with Gasteiger partial charge in [0.15, 0.2) is 17.3 Å². The molecule has 0 radical (unpaired) electrons. The Morgan fingerprint density at radius 1 is 0.882 bits per heavy atom. The average molecular weight is 467 g/mol. The molecule has 0 bridgehead atoms. The monoisotopic (exact) mass is 466 g/mol. The molecule has 0 fully saturated rings. The number of aromatic carboxylic acids is 1. The summed E-state index contributed by atoms with van der Waals surface area (Å²) >= 11 is 0. The molecule has 0 aromatic heterocycles. The molecule has 0 saturated heterocycles. The van der Waals surface area contributed by atoms with Crippen LogP contribution in [-0.4, -0.2) is 38.8 Å². The van der Waals surface area contributed by atoms with E-state index in [2.05, 4.69) is 0 Å². The molecule has 0 spiro atoms. The van der Waals surface area contributed by atoms with Crippen LogP contribution in [-0.2, 0) is 0 Å². The van der Waals surface area contributed by atoms with Crippen molar-refractivity contribution in [2.45, 2.75) is 51.6 Å². The smallest absolute Gasteiger partial charge is 0.336 e. The van der Waals surface area contributed by atoms with Gasteiger partial charge in [-0.3, -0.25) is 4.79 Å². The maximum Gasteiger partial charge on any atom is 0.336 e. The van der Waals surface area contributed by atoms with Crippen LogP contribution in [0.15, 0.2) is 48.5 Å². The number of hydrogen-bond acceptors (Lipinski definition) is 6. The predicted octanol–water partition coefficient (Wildman–Crippen LogP) is 5.60. The van der Waals surface area contributed by atoms with Crippen molar-refractivity contribution in [3.63, 3.8) is 0 Å². The number of carboxylic acid groups (broad SMARTS) is 1. The van der Waals surface area contributed by atoms with E-state index in [4.69, 9.17) is 4.74 Å². The Labute approximate surface area is 198 Å². The first-order chi connectivity index (χ1) is 16.3. The van der Waals surface area contributed by atoms with E-state index in [1.54, 1.807) is 37.3 Å². The van der Waals surface area contributed by atoms with Gasteiger partial charge < -0.3 is 25.2 Å². The topological polar surface area (TPSA) is 124 Å². The van der Waals surface area contributed by atoms with Crippen molar-refractivity contribution in [1.82, 2.24) is 0 Å². The van der Waals surface area contributed by atoms with Crippen LogP contribution in [0, 0.1) is 0 Å². The molecule has 0 aliphatic heterocycles. The SMILES string of the molecule is CCC(O)c1cc(OCCCCCCC(=O)c2ccc3cc(O)c(O)cc3c2)ccc1C(=O)O. The first-order valence-electron chi connectivity index (χ1n) is 11.5. The van der Waals surface area contributed by atoms with Crippen LogP contribution in [0.1, 0.15) is 77.8 Å². The summed E-state index contributed by atoms with van der Waals surface area (Å²) in [7, 11) is 0. The number of fused-ring (bicyclic) bond motifs is 1. The van der Waals surface area contributed by atoms with Gasteiger partial charge in [0.2, 0.25) is 0 Å². The number of carboxylic acids is 1. The highest BCUT2D eigenvalue weighted by Crippen LogP contribution is 2.31. The number of carbonyl (C=O) groups excluding carboxylic acids is 1. The molecule has 0 saturated carbocycles. The summed E-state index contributed by atoms with van der Waals surface area (Å²) < 4.78 is 5.72. The predicted molar refractivity (Wildman–Crippen MR) is 129 cm³/mol. The maximum atomic E-state index is 12.5. The van der Waals surface area contributed by atoms with Gasteiger partial charge in [-0.1, -0.05) is 31.9 Å². The fraction of sp³-hybridized carbons (Fsp3) is 0.333. The Kier molecular flexibility index (Phi) is 8.49. The quantitative estimate of drug-likeness (QED) is 0.155. The highest BCUT2D eigenvalue weighted by Gasteiger charge is 2.17. The number of phenolic OH excluding ortho intramolecular Hbond substituents is 2. The molecule has 0 aliphatic carbocycles. The van der Waals surface area contributed by atoms with E-state index in [9.17, 15) is 30.0 Å². The van der Waals surface area contributed by atoms with Crippen molar-refractivity contribution >= 4 is 22.5 Å². The summed E-state index contributed by atoms with van der Waals surface area (Å²) in [6.07, 6.45) is 3.27. The number of aromatic hydroxyl groups is 2. The van der Waals surface area contributed by atoms with Crippen LogP contribution in [0.25, 0.3) is 10.8 Å². The molecule has 3 aromatic rings. The first kappa shape index (κ1) is 25.1. The maximum absolute atomic E-state index is 12.5. The fourth-order valence-corrected chi connectivity index (χ4v) is 3.84. The lowest BCUT2D eigenvalue weighted by molar-refractivity contribution is 0.0688. The molecule has 3 aromatic carbocycles. The minimum absolute atomic E-state index is 0.0336. The van der Waals surface area contributed by atoms with Crippen LogP contribution in [0.3, 0.4) is 0 Å². The number of rotatable bonds is 12. The summed E-state index contributed by atoms with van der Waals surface area (Å²) in [5.74, 6) is -0.920. The van der Waals surface area contributed by atoms with Gasteiger partial charge in [0.1, 0.15) is 5.75 Å². The summed E-state index contributed by atoms with van der Waals surface area (Å²) in [6, 6.07) is 12.8. The lowest BCUT2D eigenvalue weighted by Crippen LogP contribution is -2.08. The zero-order chi connectivity index (χ0) is 24.7. The molecule has 0 aliphatic rings. The Balaban J connectivity index is 1.42. The Morgan fingerprint density at radius 2 is 1.59 bits per heavy atom. The number of aliphatic hydroxyl groups excluding tert-OH is 1. The van der Waals surface area contributed by atoms with Crippen molar-refractivity contribution in [2.24, 2.45) is 0 Å². The van der Waals surface area contributed by atoms with E-state index >= 15 is 0 Å². The van der Waals surface area contributed by atoms with Crippen molar-refractivity contribution in [2.75, 3.05) is 6.61 Å². The second-order valence-electron chi connectivity index (χ2n) is 8.32. The Hall–Kier alpha value is -3.58.